The summed E-state index contributed by atoms with van der Waals surface area (Å²) >= 11 is 6.07. The molecule has 0 bridgehead atoms. The number of nitrogens with one attached hydrogen (secondary N) is 1. The molecule has 22 heavy (non-hydrogen) atoms. The molecular formula is C17H18ClNO2S. The van der Waals surface area contributed by atoms with Crippen LogP contribution in [0.25, 0.3) is 0 Å². The van der Waals surface area contributed by atoms with Crippen LogP contribution in [0.15, 0.2) is 48.5 Å². The summed E-state index contributed by atoms with van der Waals surface area (Å²) < 4.78 is 11.3. The van der Waals surface area contributed by atoms with Gasteiger partial charge in [0.25, 0.3) is 0 Å². The van der Waals surface area contributed by atoms with E-state index in [9.17, 15) is 9.00 Å². The first kappa shape index (κ1) is 16.7. The maximum atomic E-state index is 12.0. The Labute approximate surface area is 138 Å². The lowest BCUT2D eigenvalue weighted by molar-refractivity contribution is -0.116. The van der Waals surface area contributed by atoms with Crippen molar-refractivity contribution in [1.29, 1.82) is 0 Å². The highest BCUT2D eigenvalue weighted by molar-refractivity contribution is 7.83. The minimum atomic E-state index is -0.973. The first-order chi connectivity index (χ1) is 10.5. The lowest BCUT2D eigenvalue weighted by atomic mass is 10.1. The second kappa shape index (κ2) is 8.11. The van der Waals surface area contributed by atoms with Gasteiger partial charge in [0.1, 0.15) is 0 Å². The molecule has 0 aliphatic heterocycles. The summed E-state index contributed by atoms with van der Waals surface area (Å²) in [7, 11) is -0.973. The van der Waals surface area contributed by atoms with E-state index < -0.39 is 10.8 Å². The van der Waals surface area contributed by atoms with Crippen molar-refractivity contribution >= 4 is 34.0 Å². The molecule has 1 amide bonds. The summed E-state index contributed by atoms with van der Waals surface area (Å²) in [6, 6.07) is 15.1. The van der Waals surface area contributed by atoms with Crippen molar-refractivity contribution in [2.45, 2.75) is 18.6 Å². The third kappa shape index (κ3) is 5.28. The maximum absolute atomic E-state index is 12.0. The van der Waals surface area contributed by atoms with Gasteiger partial charge in [0.15, 0.2) is 0 Å². The topological polar surface area (TPSA) is 46.2 Å². The summed E-state index contributed by atoms with van der Waals surface area (Å²) in [5.41, 5.74) is 2.60. The molecule has 0 fully saturated rings. The molecule has 3 nitrogen and oxygen atoms in total. The molecule has 0 saturated carbocycles. The predicted molar refractivity (Wildman–Crippen MR) is 92.6 cm³/mol. The third-order valence-corrected chi connectivity index (χ3v) is 4.26. The van der Waals surface area contributed by atoms with Crippen molar-refractivity contribution in [2.75, 3.05) is 11.6 Å². The summed E-state index contributed by atoms with van der Waals surface area (Å²) in [5, 5.41) is 3.42. The summed E-state index contributed by atoms with van der Waals surface area (Å²) in [6.07, 6.45) is 2.75. The van der Waals surface area contributed by atoms with Crippen LogP contribution in [-0.2, 0) is 27.8 Å². The molecule has 0 unspecified atom stereocenters. The molecule has 0 spiro atoms. The molecule has 0 radical (unpaired) electrons. The fourth-order valence-corrected chi connectivity index (χ4v) is 3.05. The highest BCUT2D eigenvalue weighted by Crippen LogP contribution is 2.22. The van der Waals surface area contributed by atoms with E-state index in [1.54, 1.807) is 24.5 Å². The van der Waals surface area contributed by atoms with E-state index >= 15 is 0 Å². The van der Waals surface area contributed by atoms with Crippen LogP contribution in [-0.4, -0.2) is 16.4 Å². The van der Waals surface area contributed by atoms with E-state index in [-0.39, 0.29) is 5.91 Å². The molecule has 0 saturated heterocycles. The lowest BCUT2D eigenvalue weighted by Gasteiger charge is -2.09. The minimum Gasteiger partial charge on any atom is -0.326 e. The number of amides is 1. The Bertz CT molecular complexity index is 674. The quantitative estimate of drug-likeness (QED) is 0.873. The standard InChI is InChI=1S/C17H18ClNO2S/c1-22(21)12-14-11-15(8-9-16(14)18)19-17(20)10-7-13-5-3-2-4-6-13/h2-6,8-9,11H,7,10,12H2,1H3,(H,19,20)/t22-/m0/s1. The monoisotopic (exact) mass is 335 g/mol. The van der Waals surface area contributed by atoms with Gasteiger partial charge >= 0.3 is 0 Å². The zero-order valence-corrected chi connectivity index (χ0v) is 13.9. The molecule has 0 aliphatic carbocycles. The summed E-state index contributed by atoms with van der Waals surface area (Å²) in [6.45, 7) is 0. The Morgan fingerprint density at radius 3 is 2.59 bits per heavy atom. The average Bonchev–Trinajstić information content (AvgIpc) is 2.49. The first-order valence-electron chi connectivity index (χ1n) is 6.97. The fourth-order valence-electron chi connectivity index (χ4n) is 2.11. The molecule has 2 aromatic carbocycles. The molecule has 1 atom stereocenters. The maximum Gasteiger partial charge on any atom is 0.224 e. The number of halogens is 1. The van der Waals surface area contributed by atoms with Gasteiger partial charge in [-0.2, -0.15) is 0 Å². The fraction of sp³-hybridized carbons (Fsp3) is 0.235. The van der Waals surface area contributed by atoms with Gasteiger partial charge in [0.2, 0.25) is 5.91 Å². The van der Waals surface area contributed by atoms with Crippen LogP contribution in [0.5, 0.6) is 0 Å². The molecule has 5 heteroatoms. The average molecular weight is 336 g/mol. The smallest absolute Gasteiger partial charge is 0.224 e. The Balaban J connectivity index is 1.95. The van der Waals surface area contributed by atoms with Crippen molar-refractivity contribution in [3.05, 3.63) is 64.7 Å². The van der Waals surface area contributed by atoms with Crippen molar-refractivity contribution < 1.29 is 9.00 Å². The van der Waals surface area contributed by atoms with Crippen molar-refractivity contribution in [2.24, 2.45) is 0 Å². The number of carbonyl (C=O) groups is 1. The zero-order chi connectivity index (χ0) is 15.9. The molecule has 2 aromatic rings. The third-order valence-electron chi connectivity index (χ3n) is 3.17. The van der Waals surface area contributed by atoms with Gasteiger partial charge in [-0.15, -0.1) is 0 Å². The number of carbonyl (C=O) groups excluding carboxylic acids is 1. The van der Waals surface area contributed by atoms with Crippen molar-refractivity contribution in [3.63, 3.8) is 0 Å². The van der Waals surface area contributed by atoms with Crippen LogP contribution < -0.4 is 5.32 Å². The minimum absolute atomic E-state index is 0.0465. The predicted octanol–water partition coefficient (Wildman–Crippen LogP) is 3.79. The highest BCUT2D eigenvalue weighted by Gasteiger charge is 2.07. The Kier molecular flexibility index (Phi) is 6.16. The molecular weight excluding hydrogens is 318 g/mol. The summed E-state index contributed by atoms with van der Waals surface area (Å²) in [4.78, 5) is 12.0. The SMILES string of the molecule is C[S@](=O)Cc1cc(NC(=O)CCc2ccccc2)ccc1Cl. The van der Waals surface area contributed by atoms with E-state index in [1.807, 2.05) is 30.3 Å². The number of hydrogen-bond donors (Lipinski definition) is 1. The second-order valence-corrected chi connectivity index (χ2v) is 6.90. The van der Waals surface area contributed by atoms with Crippen LogP contribution in [0.3, 0.4) is 0 Å². The molecule has 2 rings (SSSR count). The van der Waals surface area contributed by atoms with Gasteiger partial charge < -0.3 is 5.32 Å². The zero-order valence-electron chi connectivity index (χ0n) is 12.3. The van der Waals surface area contributed by atoms with Crippen LogP contribution in [0, 0.1) is 0 Å². The van der Waals surface area contributed by atoms with Gasteiger partial charge in [0, 0.05) is 39.9 Å². The Morgan fingerprint density at radius 2 is 1.91 bits per heavy atom. The normalized spacial score (nSPS) is 11.9. The second-order valence-electron chi connectivity index (χ2n) is 5.06. The van der Waals surface area contributed by atoms with Crippen LogP contribution in [0.4, 0.5) is 5.69 Å². The van der Waals surface area contributed by atoms with Crippen LogP contribution in [0.1, 0.15) is 17.5 Å². The van der Waals surface area contributed by atoms with Gasteiger partial charge in [0.05, 0.1) is 0 Å². The Morgan fingerprint density at radius 1 is 1.18 bits per heavy atom. The number of benzene rings is 2. The largest absolute Gasteiger partial charge is 0.326 e. The van der Waals surface area contributed by atoms with Gasteiger partial charge in [-0.3, -0.25) is 9.00 Å². The van der Waals surface area contributed by atoms with E-state index in [0.717, 1.165) is 11.1 Å². The van der Waals surface area contributed by atoms with E-state index in [0.29, 0.717) is 29.3 Å². The van der Waals surface area contributed by atoms with Crippen LogP contribution in [0.2, 0.25) is 5.02 Å². The lowest BCUT2D eigenvalue weighted by Crippen LogP contribution is -2.12. The van der Waals surface area contributed by atoms with E-state index in [1.165, 1.54) is 0 Å². The van der Waals surface area contributed by atoms with Crippen molar-refractivity contribution in [3.8, 4) is 0 Å². The van der Waals surface area contributed by atoms with E-state index in [2.05, 4.69) is 5.32 Å². The van der Waals surface area contributed by atoms with Gasteiger partial charge in [-0.1, -0.05) is 41.9 Å². The van der Waals surface area contributed by atoms with Gasteiger partial charge in [-0.25, -0.2) is 0 Å². The number of hydrogen-bond acceptors (Lipinski definition) is 2. The first-order valence-corrected chi connectivity index (χ1v) is 9.07. The Hall–Kier alpha value is -1.65. The number of aryl methyl sites for hydroxylation is 1. The highest BCUT2D eigenvalue weighted by atomic mass is 35.5. The number of anilines is 1. The van der Waals surface area contributed by atoms with Crippen LogP contribution >= 0.6 is 11.6 Å². The van der Waals surface area contributed by atoms with Crippen molar-refractivity contribution in [1.82, 2.24) is 0 Å². The summed E-state index contributed by atoms with van der Waals surface area (Å²) in [5.74, 6) is 0.335. The van der Waals surface area contributed by atoms with Gasteiger partial charge in [-0.05, 0) is 35.7 Å². The molecule has 116 valence electrons. The molecule has 1 N–H and O–H groups in total. The molecule has 0 aliphatic rings. The molecule has 0 heterocycles. The molecule has 0 aromatic heterocycles. The number of rotatable bonds is 6. The van der Waals surface area contributed by atoms with E-state index in [4.69, 9.17) is 11.6 Å².